The maximum absolute atomic E-state index is 13.7. The SMILES string of the molecule is CCCNc1ncc(F)c(NC2CCOC(C)C2)n1. The number of hydrogen-bond acceptors (Lipinski definition) is 5. The molecule has 106 valence electrons. The maximum atomic E-state index is 13.7. The standard InChI is InChI=1S/C13H21FN4O/c1-3-5-15-13-16-8-11(14)12(18-13)17-10-4-6-19-9(2)7-10/h8-10H,3-7H2,1-2H3,(H2,15,16,17,18). The van der Waals surface area contributed by atoms with Gasteiger partial charge in [-0.05, 0) is 26.2 Å². The molecule has 2 N–H and O–H groups in total. The van der Waals surface area contributed by atoms with Crippen LogP contribution in [0.4, 0.5) is 16.2 Å². The lowest BCUT2D eigenvalue weighted by molar-refractivity contribution is 0.0231. The van der Waals surface area contributed by atoms with Crippen LogP contribution in [0.15, 0.2) is 6.20 Å². The number of halogens is 1. The van der Waals surface area contributed by atoms with Crippen LogP contribution in [0.5, 0.6) is 0 Å². The molecule has 19 heavy (non-hydrogen) atoms. The zero-order valence-corrected chi connectivity index (χ0v) is 11.4. The Morgan fingerprint density at radius 1 is 1.53 bits per heavy atom. The molecule has 1 saturated heterocycles. The lowest BCUT2D eigenvalue weighted by atomic mass is 10.0. The zero-order valence-electron chi connectivity index (χ0n) is 11.4. The van der Waals surface area contributed by atoms with Crippen molar-refractivity contribution < 1.29 is 9.13 Å². The van der Waals surface area contributed by atoms with Gasteiger partial charge < -0.3 is 15.4 Å². The summed E-state index contributed by atoms with van der Waals surface area (Å²) in [4.78, 5) is 8.10. The van der Waals surface area contributed by atoms with Gasteiger partial charge in [0.25, 0.3) is 0 Å². The van der Waals surface area contributed by atoms with Gasteiger partial charge in [-0.3, -0.25) is 0 Å². The minimum absolute atomic E-state index is 0.201. The first kappa shape index (κ1) is 14.0. The van der Waals surface area contributed by atoms with Crippen molar-refractivity contribution >= 4 is 11.8 Å². The Morgan fingerprint density at radius 3 is 3.11 bits per heavy atom. The molecule has 1 aliphatic heterocycles. The fraction of sp³-hybridized carbons (Fsp3) is 0.692. The molecule has 0 aromatic carbocycles. The largest absolute Gasteiger partial charge is 0.378 e. The molecule has 2 heterocycles. The van der Waals surface area contributed by atoms with Crippen molar-refractivity contribution in [1.29, 1.82) is 0 Å². The molecule has 0 saturated carbocycles. The van der Waals surface area contributed by atoms with E-state index in [0.29, 0.717) is 12.6 Å². The van der Waals surface area contributed by atoms with Gasteiger partial charge in [-0.1, -0.05) is 6.92 Å². The summed E-state index contributed by atoms with van der Waals surface area (Å²) in [7, 11) is 0. The van der Waals surface area contributed by atoms with Crippen LogP contribution in [0.25, 0.3) is 0 Å². The first-order chi connectivity index (χ1) is 9.19. The predicted molar refractivity (Wildman–Crippen MR) is 72.8 cm³/mol. The van der Waals surface area contributed by atoms with Crippen LogP contribution in [0.2, 0.25) is 0 Å². The molecule has 0 aliphatic carbocycles. The zero-order chi connectivity index (χ0) is 13.7. The van der Waals surface area contributed by atoms with Crippen molar-refractivity contribution in [2.24, 2.45) is 0 Å². The molecular weight excluding hydrogens is 247 g/mol. The highest BCUT2D eigenvalue weighted by atomic mass is 19.1. The molecular formula is C13H21FN4O. The van der Waals surface area contributed by atoms with E-state index in [2.05, 4.69) is 27.5 Å². The van der Waals surface area contributed by atoms with Gasteiger partial charge in [0.15, 0.2) is 11.6 Å². The van der Waals surface area contributed by atoms with Gasteiger partial charge in [0.1, 0.15) is 0 Å². The van der Waals surface area contributed by atoms with Crippen molar-refractivity contribution in [2.45, 2.75) is 45.3 Å². The Bertz CT molecular complexity index is 416. The van der Waals surface area contributed by atoms with E-state index in [-0.39, 0.29) is 18.0 Å². The Hall–Kier alpha value is -1.43. The molecule has 0 bridgehead atoms. The second-order valence-corrected chi connectivity index (χ2v) is 4.86. The van der Waals surface area contributed by atoms with E-state index < -0.39 is 5.82 Å². The molecule has 1 fully saturated rings. The molecule has 2 unspecified atom stereocenters. The average Bonchev–Trinajstić information content (AvgIpc) is 2.40. The average molecular weight is 268 g/mol. The summed E-state index contributed by atoms with van der Waals surface area (Å²) in [6.45, 7) is 5.56. The van der Waals surface area contributed by atoms with Gasteiger partial charge in [-0.25, -0.2) is 9.37 Å². The van der Waals surface area contributed by atoms with Gasteiger partial charge in [0, 0.05) is 19.2 Å². The molecule has 6 heteroatoms. The predicted octanol–water partition coefficient (Wildman–Crippen LogP) is 2.42. The fourth-order valence-electron chi connectivity index (χ4n) is 2.11. The van der Waals surface area contributed by atoms with Crippen LogP contribution in [-0.4, -0.2) is 35.3 Å². The molecule has 0 radical (unpaired) electrons. The fourth-order valence-corrected chi connectivity index (χ4v) is 2.11. The number of rotatable bonds is 5. The Balaban J connectivity index is 2.01. The van der Waals surface area contributed by atoms with E-state index in [0.717, 1.165) is 25.8 Å². The van der Waals surface area contributed by atoms with E-state index in [1.54, 1.807) is 0 Å². The second-order valence-electron chi connectivity index (χ2n) is 4.86. The molecule has 5 nitrogen and oxygen atoms in total. The number of nitrogens with zero attached hydrogens (tertiary/aromatic N) is 2. The van der Waals surface area contributed by atoms with Crippen molar-refractivity contribution in [2.75, 3.05) is 23.8 Å². The molecule has 2 atom stereocenters. The van der Waals surface area contributed by atoms with Crippen LogP contribution in [-0.2, 0) is 4.74 Å². The Labute approximate surface area is 113 Å². The summed E-state index contributed by atoms with van der Waals surface area (Å²) in [5.41, 5.74) is 0. The maximum Gasteiger partial charge on any atom is 0.224 e. The summed E-state index contributed by atoms with van der Waals surface area (Å²) >= 11 is 0. The summed E-state index contributed by atoms with van der Waals surface area (Å²) in [5.74, 6) is 0.319. The molecule has 0 spiro atoms. The Morgan fingerprint density at radius 2 is 2.37 bits per heavy atom. The van der Waals surface area contributed by atoms with Crippen molar-refractivity contribution in [3.8, 4) is 0 Å². The van der Waals surface area contributed by atoms with Crippen LogP contribution in [0, 0.1) is 5.82 Å². The van der Waals surface area contributed by atoms with Crippen LogP contribution in [0.1, 0.15) is 33.1 Å². The van der Waals surface area contributed by atoms with Gasteiger partial charge >= 0.3 is 0 Å². The smallest absolute Gasteiger partial charge is 0.224 e. The highest BCUT2D eigenvalue weighted by Crippen LogP contribution is 2.19. The normalized spacial score (nSPS) is 23.1. The minimum atomic E-state index is -0.416. The van der Waals surface area contributed by atoms with Crippen LogP contribution >= 0.6 is 0 Å². The van der Waals surface area contributed by atoms with E-state index >= 15 is 0 Å². The summed E-state index contributed by atoms with van der Waals surface area (Å²) in [6.07, 6.45) is 4.11. The topological polar surface area (TPSA) is 59.1 Å². The number of ether oxygens (including phenoxy) is 1. The third kappa shape index (κ3) is 4.02. The van der Waals surface area contributed by atoms with E-state index in [4.69, 9.17) is 4.74 Å². The summed E-state index contributed by atoms with van der Waals surface area (Å²) in [5, 5.41) is 6.20. The highest BCUT2D eigenvalue weighted by Gasteiger charge is 2.20. The van der Waals surface area contributed by atoms with Gasteiger partial charge in [-0.2, -0.15) is 4.98 Å². The van der Waals surface area contributed by atoms with Gasteiger partial charge in [0.05, 0.1) is 12.3 Å². The highest BCUT2D eigenvalue weighted by molar-refractivity contribution is 5.41. The molecule has 0 amide bonds. The van der Waals surface area contributed by atoms with E-state index in [1.807, 2.05) is 6.92 Å². The first-order valence-electron chi connectivity index (χ1n) is 6.83. The molecule has 1 aromatic rings. The van der Waals surface area contributed by atoms with Crippen LogP contribution < -0.4 is 10.6 Å². The minimum Gasteiger partial charge on any atom is -0.378 e. The lowest BCUT2D eigenvalue weighted by Gasteiger charge is -2.28. The van der Waals surface area contributed by atoms with Crippen molar-refractivity contribution in [3.63, 3.8) is 0 Å². The molecule has 2 rings (SSSR count). The third-order valence-corrected chi connectivity index (χ3v) is 3.10. The van der Waals surface area contributed by atoms with Gasteiger partial charge in [-0.15, -0.1) is 0 Å². The van der Waals surface area contributed by atoms with E-state index in [1.165, 1.54) is 6.20 Å². The monoisotopic (exact) mass is 268 g/mol. The summed E-state index contributed by atoms with van der Waals surface area (Å²) in [6, 6.07) is 0.201. The van der Waals surface area contributed by atoms with E-state index in [9.17, 15) is 4.39 Å². The van der Waals surface area contributed by atoms with Crippen molar-refractivity contribution in [3.05, 3.63) is 12.0 Å². The number of hydrogen-bond donors (Lipinski definition) is 2. The molecule has 1 aliphatic rings. The third-order valence-electron chi connectivity index (χ3n) is 3.10. The molecule has 1 aromatic heterocycles. The van der Waals surface area contributed by atoms with Crippen molar-refractivity contribution in [1.82, 2.24) is 9.97 Å². The summed E-state index contributed by atoms with van der Waals surface area (Å²) < 4.78 is 19.2. The quantitative estimate of drug-likeness (QED) is 0.859. The number of anilines is 2. The first-order valence-corrected chi connectivity index (χ1v) is 6.83. The lowest BCUT2D eigenvalue weighted by Crippen LogP contribution is -2.33. The number of nitrogens with one attached hydrogen (secondary N) is 2. The number of aromatic nitrogens is 2. The Kier molecular flexibility index (Phi) is 4.90. The second kappa shape index (κ2) is 6.65. The van der Waals surface area contributed by atoms with Crippen LogP contribution in [0.3, 0.4) is 0 Å². The van der Waals surface area contributed by atoms with Gasteiger partial charge in [0.2, 0.25) is 5.95 Å².